The first-order chi connectivity index (χ1) is 11.6. The van der Waals surface area contributed by atoms with Gasteiger partial charge in [-0.05, 0) is 46.8 Å². The predicted octanol–water partition coefficient (Wildman–Crippen LogP) is 2.67. The Balaban J connectivity index is 1.65. The Labute approximate surface area is 139 Å². The van der Waals surface area contributed by atoms with E-state index in [2.05, 4.69) is 20.8 Å². The van der Waals surface area contributed by atoms with Crippen molar-refractivity contribution in [3.8, 4) is 5.69 Å². The van der Waals surface area contributed by atoms with Crippen molar-refractivity contribution in [2.75, 3.05) is 11.1 Å². The van der Waals surface area contributed by atoms with E-state index in [0.29, 0.717) is 10.8 Å². The molecule has 1 amide bonds. The number of tetrazole rings is 1. The molecule has 0 atom stereocenters. The number of amides is 1. The van der Waals surface area contributed by atoms with Gasteiger partial charge in [0.15, 0.2) is 0 Å². The number of benzene rings is 2. The minimum Gasteiger partial charge on any atom is -0.323 e. The van der Waals surface area contributed by atoms with Crippen LogP contribution in [0, 0.1) is 11.6 Å². The molecule has 1 heterocycles. The molecule has 0 unspecified atom stereocenters. The minimum atomic E-state index is -0.507. The lowest BCUT2D eigenvalue weighted by Crippen LogP contribution is -2.15. The van der Waals surface area contributed by atoms with Crippen LogP contribution in [0.3, 0.4) is 0 Å². The van der Waals surface area contributed by atoms with Crippen molar-refractivity contribution in [1.82, 2.24) is 20.2 Å². The van der Waals surface area contributed by atoms with Crippen LogP contribution >= 0.6 is 11.8 Å². The third-order valence-electron chi connectivity index (χ3n) is 2.99. The first-order valence-corrected chi connectivity index (χ1v) is 7.83. The monoisotopic (exact) mass is 347 g/mol. The Bertz CT molecular complexity index is 853. The van der Waals surface area contributed by atoms with E-state index in [0.717, 1.165) is 11.8 Å². The largest absolute Gasteiger partial charge is 0.323 e. The van der Waals surface area contributed by atoms with Gasteiger partial charge in [-0.1, -0.05) is 23.9 Å². The van der Waals surface area contributed by atoms with Gasteiger partial charge in [0.1, 0.15) is 11.6 Å². The summed E-state index contributed by atoms with van der Waals surface area (Å²) in [6.07, 6.45) is 0. The number of nitrogens with one attached hydrogen (secondary N) is 1. The predicted molar refractivity (Wildman–Crippen MR) is 84.9 cm³/mol. The molecule has 3 aromatic rings. The normalized spacial score (nSPS) is 10.6. The molecule has 122 valence electrons. The summed E-state index contributed by atoms with van der Waals surface area (Å²) in [7, 11) is 0. The van der Waals surface area contributed by atoms with Gasteiger partial charge in [-0.3, -0.25) is 4.79 Å². The maximum atomic E-state index is 13.5. The van der Waals surface area contributed by atoms with Crippen molar-refractivity contribution >= 4 is 23.4 Å². The first-order valence-electron chi connectivity index (χ1n) is 6.85. The zero-order valence-electron chi connectivity index (χ0n) is 12.2. The Hall–Kier alpha value is -2.81. The third kappa shape index (κ3) is 3.74. The lowest BCUT2D eigenvalue weighted by Gasteiger charge is -2.06. The number of aromatic nitrogens is 4. The molecule has 0 spiro atoms. The standard InChI is InChI=1S/C15H11F2N5OS/c16-10-5-7-11(8-6-10)22-15(19-20-21-22)24-9-14(23)18-13-4-2-1-3-12(13)17/h1-8H,9H2,(H,18,23). The summed E-state index contributed by atoms with van der Waals surface area (Å²) in [5.74, 6) is -1.27. The molecule has 0 bridgehead atoms. The third-order valence-corrected chi connectivity index (χ3v) is 3.91. The zero-order valence-corrected chi connectivity index (χ0v) is 13.0. The number of para-hydroxylation sites is 1. The van der Waals surface area contributed by atoms with Crippen LogP contribution in [0.15, 0.2) is 53.7 Å². The molecular weight excluding hydrogens is 336 g/mol. The highest BCUT2D eigenvalue weighted by molar-refractivity contribution is 7.99. The SMILES string of the molecule is O=C(CSc1nnnn1-c1ccc(F)cc1)Nc1ccccc1F. The second-order valence-corrected chi connectivity index (χ2v) is 5.61. The van der Waals surface area contributed by atoms with Gasteiger partial charge in [0, 0.05) is 0 Å². The zero-order chi connectivity index (χ0) is 16.9. The van der Waals surface area contributed by atoms with Gasteiger partial charge in [-0.15, -0.1) is 5.10 Å². The maximum Gasteiger partial charge on any atom is 0.234 e. The second-order valence-electron chi connectivity index (χ2n) is 4.67. The number of carbonyl (C=O) groups excluding carboxylic acids is 1. The van der Waals surface area contributed by atoms with Gasteiger partial charge in [0.05, 0.1) is 17.1 Å². The van der Waals surface area contributed by atoms with Crippen molar-refractivity contribution in [3.05, 3.63) is 60.2 Å². The van der Waals surface area contributed by atoms with Crippen molar-refractivity contribution in [1.29, 1.82) is 0 Å². The van der Waals surface area contributed by atoms with E-state index in [1.807, 2.05) is 0 Å². The van der Waals surface area contributed by atoms with Crippen LogP contribution < -0.4 is 5.32 Å². The van der Waals surface area contributed by atoms with Crippen LogP contribution in [-0.4, -0.2) is 31.9 Å². The average molecular weight is 347 g/mol. The molecule has 0 aliphatic carbocycles. The molecular formula is C15H11F2N5OS. The minimum absolute atomic E-state index is 0.00407. The second kappa shape index (κ2) is 7.18. The Morgan fingerprint density at radius 3 is 2.62 bits per heavy atom. The van der Waals surface area contributed by atoms with Gasteiger partial charge in [-0.2, -0.15) is 4.68 Å². The van der Waals surface area contributed by atoms with Crippen LogP contribution in [0.4, 0.5) is 14.5 Å². The number of hydrogen-bond acceptors (Lipinski definition) is 5. The van der Waals surface area contributed by atoms with Gasteiger partial charge in [0.2, 0.25) is 11.1 Å². The van der Waals surface area contributed by atoms with Crippen LogP contribution in [0.5, 0.6) is 0 Å². The van der Waals surface area contributed by atoms with E-state index in [9.17, 15) is 13.6 Å². The van der Waals surface area contributed by atoms with Crippen molar-refractivity contribution in [2.24, 2.45) is 0 Å². The van der Waals surface area contributed by atoms with Crippen LogP contribution in [0.25, 0.3) is 5.69 Å². The van der Waals surface area contributed by atoms with Crippen molar-refractivity contribution < 1.29 is 13.6 Å². The first kappa shape index (κ1) is 16.1. The van der Waals surface area contributed by atoms with Gasteiger partial charge >= 0.3 is 0 Å². The summed E-state index contributed by atoms with van der Waals surface area (Å²) in [6.45, 7) is 0. The van der Waals surface area contributed by atoms with Gasteiger partial charge in [0.25, 0.3) is 0 Å². The highest BCUT2D eigenvalue weighted by Gasteiger charge is 2.12. The summed E-state index contributed by atoms with van der Waals surface area (Å²) in [5.41, 5.74) is 0.680. The molecule has 0 fully saturated rings. The van der Waals surface area contributed by atoms with Crippen molar-refractivity contribution in [3.63, 3.8) is 0 Å². The molecule has 24 heavy (non-hydrogen) atoms. The Morgan fingerprint density at radius 2 is 1.88 bits per heavy atom. The topological polar surface area (TPSA) is 72.7 Å². The van der Waals surface area contributed by atoms with Crippen LogP contribution in [-0.2, 0) is 4.79 Å². The van der Waals surface area contributed by atoms with E-state index in [1.54, 1.807) is 6.07 Å². The number of thioether (sulfide) groups is 1. The molecule has 0 radical (unpaired) electrons. The molecule has 0 aliphatic heterocycles. The molecule has 6 nitrogen and oxygen atoms in total. The van der Waals surface area contributed by atoms with Crippen LogP contribution in [0.1, 0.15) is 0 Å². The fourth-order valence-electron chi connectivity index (χ4n) is 1.89. The number of hydrogen-bond donors (Lipinski definition) is 1. The Kier molecular flexibility index (Phi) is 4.80. The summed E-state index contributed by atoms with van der Waals surface area (Å²) in [6, 6.07) is 11.5. The summed E-state index contributed by atoms with van der Waals surface area (Å²) in [5, 5.41) is 14.0. The quantitative estimate of drug-likeness (QED) is 0.719. The highest BCUT2D eigenvalue weighted by Crippen LogP contribution is 2.19. The number of rotatable bonds is 5. The van der Waals surface area contributed by atoms with E-state index in [4.69, 9.17) is 0 Å². The maximum absolute atomic E-state index is 13.5. The molecule has 0 saturated heterocycles. The van der Waals surface area contributed by atoms with Gasteiger partial charge < -0.3 is 5.32 Å². The molecule has 2 aromatic carbocycles. The van der Waals surface area contributed by atoms with Gasteiger partial charge in [-0.25, -0.2) is 8.78 Å². The van der Waals surface area contributed by atoms with E-state index in [-0.39, 0.29) is 17.3 Å². The molecule has 3 rings (SSSR count). The molecule has 9 heteroatoms. The highest BCUT2D eigenvalue weighted by atomic mass is 32.2. The number of anilines is 1. The fraction of sp³-hybridized carbons (Fsp3) is 0.0667. The fourth-order valence-corrected chi connectivity index (χ4v) is 2.58. The van der Waals surface area contributed by atoms with E-state index in [1.165, 1.54) is 47.1 Å². The van der Waals surface area contributed by atoms with Crippen LogP contribution in [0.2, 0.25) is 0 Å². The summed E-state index contributed by atoms with van der Waals surface area (Å²) < 4.78 is 27.9. The summed E-state index contributed by atoms with van der Waals surface area (Å²) >= 11 is 1.08. The average Bonchev–Trinajstić information content (AvgIpc) is 3.04. The number of nitrogens with zero attached hydrogens (tertiary/aromatic N) is 4. The smallest absolute Gasteiger partial charge is 0.234 e. The van der Waals surface area contributed by atoms with Crippen molar-refractivity contribution in [2.45, 2.75) is 5.16 Å². The molecule has 0 aliphatic rings. The lowest BCUT2D eigenvalue weighted by atomic mass is 10.3. The van der Waals surface area contributed by atoms with E-state index < -0.39 is 11.7 Å². The molecule has 0 saturated carbocycles. The number of carbonyl (C=O) groups is 1. The molecule has 1 N–H and O–H groups in total. The molecule has 1 aromatic heterocycles. The number of halogens is 2. The summed E-state index contributed by atoms with van der Waals surface area (Å²) in [4.78, 5) is 11.9. The van der Waals surface area contributed by atoms with E-state index >= 15 is 0 Å². The lowest BCUT2D eigenvalue weighted by molar-refractivity contribution is -0.113. The Morgan fingerprint density at radius 1 is 1.12 bits per heavy atom.